The SMILES string of the molecule is COc1cncc(C(N)c2ncc(C)cn2)c1. The van der Waals surface area contributed by atoms with Crippen molar-refractivity contribution in [1.29, 1.82) is 0 Å². The van der Waals surface area contributed by atoms with Crippen LogP contribution in [0.2, 0.25) is 0 Å². The predicted octanol–water partition coefficient (Wildman–Crippen LogP) is 1.24. The van der Waals surface area contributed by atoms with Crippen LogP contribution in [-0.4, -0.2) is 22.1 Å². The summed E-state index contributed by atoms with van der Waals surface area (Å²) in [5.41, 5.74) is 7.90. The lowest BCUT2D eigenvalue weighted by molar-refractivity contribution is 0.412. The highest BCUT2D eigenvalue weighted by atomic mass is 16.5. The van der Waals surface area contributed by atoms with Gasteiger partial charge in [0.2, 0.25) is 0 Å². The third kappa shape index (κ3) is 2.57. The molecule has 0 spiro atoms. The van der Waals surface area contributed by atoms with Gasteiger partial charge in [-0.2, -0.15) is 0 Å². The van der Waals surface area contributed by atoms with Crippen molar-refractivity contribution < 1.29 is 4.74 Å². The van der Waals surface area contributed by atoms with Gasteiger partial charge in [0.05, 0.1) is 19.3 Å². The summed E-state index contributed by atoms with van der Waals surface area (Å²) >= 11 is 0. The Bertz CT molecular complexity index is 498. The van der Waals surface area contributed by atoms with Crippen molar-refractivity contribution in [3.63, 3.8) is 0 Å². The van der Waals surface area contributed by atoms with Crippen molar-refractivity contribution in [1.82, 2.24) is 15.0 Å². The third-order valence-electron chi connectivity index (χ3n) is 2.41. The first-order valence-corrected chi connectivity index (χ1v) is 5.24. The smallest absolute Gasteiger partial charge is 0.149 e. The van der Waals surface area contributed by atoms with Crippen LogP contribution in [0.3, 0.4) is 0 Å². The Balaban J connectivity index is 2.29. The molecule has 2 heterocycles. The van der Waals surface area contributed by atoms with Crippen LogP contribution in [0.5, 0.6) is 5.75 Å². The van der Waals surface area contributed by atoms with Gasteiger partial charge in [-0.05, 0) is 24.1 Å². The molecular weight excluding hydrogens is 216 g/mol. The summed E-state index contributed by atoms with van der Waals surface area (Å²) in [5.74, 6) is 1.25. The normalized spacial score (nSPS) is 12.2. The maximum absolute atomic E-state index is 6.07. The number of hydrogen-bond acceptors (Lipinski definition) is 5. The minimum Gasteiger partial charge on any atom is -0.495 e. The lowest BCUT2D eigenvalue weighted by Gasteiger charge is -2.11. The molecule has 0 aliphatic carbocycles. The minimum atomic E-state index is -0.391. The fraction of sp³-hybridized carbons (Fsp3) is 0.250. The molecule has 1 unspecified atom stereocenters. The van der Waals surface area contributed by atoms with Gasteiger partial charge >= 0.3 is 0 Å². The quantitative estimate of drug-likeness (QED) is 0.858. The van der Waals surface area contributed by atoms with Crippen LogP contribution in [0.4, 0.5) is 0 Å². The molecule has 2 aromatic rings. The Kier molecular flexibility index (Phi) is 3.30. The maximum Gasteiger partial charge on any atom is 0.149 e. The molecule has 5 heteroatoms. The van der Waals surface area contributed by atoms with Gasteiger partial charge in [-0.25, -0.2) is 9.97 Å². The predicted molar refractivity (Wildman–Crippen MR) is 63.6 cm³/mol. The lowest BCUT2D eigenvalue weighted by atomic mass is 10.1. The first kappa shape index (κ1) is 11.5. The zero-order chi connectivity index (χ0) is 12.3. The van der Waals surface area contributed by atoms with E-state index in [2.05, 4.69) is 15.0 Å². The summed E-state index contributed by atoms with van der Waals surface area (Å²) < 4.78 is 5.10. The van der Waals surface area contributed by atoms with E-state index in [0.717, 1.165) is 11.1 Å². The van der Waals surface area contributed by atoms with E-state index >= 15 is 0 Å². The Morgan fingerprint density at radius 1 is 1.18 bits per heavy atom. The average molecular weight is 230 g/mol. The monoisotopic (exact) mass is 230 g/mol. The molecule has 0 aliphatic rings. The van der Waals surface area contributed by atoms with Gasteiger partial charge in [-0.15, -0.1) is 0 Å². The van der Waals surface area contributed by atoms with Crippen molar-refractivity contribution in [3.05, 3.63) is 47.8 Å². The average Bonchev–Trinajstić information content (AvgIpc) is 2.39. The molecule has 0 fully saturated rings. The van der Waals surface area contributed by atoms with Crippen LogP contribution < -0.4 is 10.5 Å². The van der Waals surface area contributed by atoms with Crippen molar-refractivity contribution in [2.24, 2.45) is 5.73 Å². The van der Waals surface area contributed by atoms with Gasteiger partial charge < -0.3 is 10.5 Å². The van der Waals surface area contributed by atoms with E-state index in [1.54, 1.807) is 31.9 Å². The van der Waals surface area contributed by atoms with Gasteiger partial charge in [0.1, 0.15) is 11.6 Å². The second kappa shape index (κ2) is 4.88. The molecule has 2 rings (SSSR count). The molecule has 5 nitrogen and oxygen atoms in total. The highest BCUT2D eigenvalue weighted by Gasteiger charge is 2.12. The number of aromatic nitrogens is 3. The van der Waals surface area contributed by atoms with Crippen molar-refractivity contribution in [2.45, 2.75) is 13.0 Å². The molecule has 0 radical (unpaired) electrons. The van der Waals surface area contributed by atoms with E-state index < -0.39 is 6.04 Å². The second-order valence-electron chi connectivity index (χ2n) is 3.75. The summed E-state index contributed by atoms with van der Waals surface area (Å²) in [5, 5.41) is 0. The molecular formula is C12H14N4O. The Labute approximate surface area is 99.7 Å². The van der Waals surface area contributed by atoms with Gasteiger partial charge in [-0.3, -0.25) is 4.98 Å². The number of rotatable bonds is 3. The second-order valence-corrected chi connectivity index (χ2v) is 3.75. The fourth-order valence-corrected chi connectivity index (χ4v) is 1.43. The van der Waals surface area contributed by atoms with Gasteiger partial charge in [0.25, 0.3) is 0 Å². The van der Waals surface area contributed by atoms with E-state index in [-0.39, 0.29) is 0 Å². The van der Waals surface area contributed by atoms with Crippen LogP contribution in [-0.2, 0) is 0 Å². The summed E-state index contributed by atoms with van der Waals surface area (Å²) in [6, 6.07) is 1.44. The minimum absolute atomic E-state index is 0.391. The summed E-state index contributed by atoms with van der Waals surface area (Å²) in [6.07, 6.45) is 6.81. The fourth-order valence-electron chi connectivity index (χ4n) is 1.43. The molecule has 0 amide bonds. The van der Waals surface area contributed by atoms with E-state index in [4.69, 9.17) is 10.5 Å². The highest BCUT2D eigenvalue weighted by Crippen LogP contribution is 2.19. The van der Waals surface area contributed by atoms with Crippen molar-refractivity contribution in [3.8, 4) is 5.75 Å². The molecule has 17 heavy (non-hydrogen) atoms. The van der Waals surface area contributed by atoms with Crippen LogP contribution in [0.15, 0.2) is 30.9 Å². The van der Waals surface area contributed by atoms with E-state index in [9.17, 15) is 0 Å². The van der Waals surface area contributed by atoms with Crippen molar-refractivity contribution >= 4 is 0 Å². The Morgan fingerprint density at radius 2 is 1.88 bits per heavy atom. The van der Waals surface area contributed by atoms with E-state index in [1.807, 2.05) is 13.0 Å². The molecule has 0 aliphatic heterocycles. The number of ether oxygens (including phenoxy) is 1. The molecule has 0 aromatic carbocycles. The molecule has 0 saturated heterocycles. The maximum atomic E-state index is 6.07. The lowest BCUT2D eigenvalue weighted by Crippen LogP contribution is -2.15. The van der Waals surface area contributed by atoms with Crippen LogP contribution in [0, 0.1) is 6.92 Å². The number of nitrogens with two attached hydrogens (primary N) is 1. The van der Waals surface area contributed by atoms with Gasteiger partial charge in [0.15, 0.2) is 0 Å². The number of aryl methyl sites for hydroxylation is 1. The van der Waals surface area contributed by atoms with E-state index in [0.29, 0.717) is 11.6 Å². The molecule has 2 N–H and O–H groups in total. The molecule has 0 bridgehead atoms. The van der Waals surface area contributed by atoms with Gasteiger partial charge in [-0.1, -0.05) is 0 Å². The third-order valence-corrected chi connectivity index (χ3v) is 2.41. The first-order valence-electron chi connectivity index (χ1n) is 5.24. The summed E-state index contributed by atoms with van der Waals surface area (Å²) in [4.78, 5) is 12.5. The largest absolute Gasteiger partial charge is 0.495 e. The number of pyridine rings is 1. The van der Waals surface area contributed by atoms with E-state index in [1.165, 1.54) is 0 Å². The highest BCUT2D eigenvalue weighted by molar-refractivity contribution is 5.29. The van der Waals surface area contributed by atoms with Crippen LogP contribution in [0.25, 0.3) is 0 Å². The molecule has 1 atom stereocenters. The summed E-state index contributed by atoms with van der Waals surface area (Å²) in [7, 11) is 1.59. The van der Waals surface area contributed by atoms with Crippen LogP contribution >= 0.6 is 0 Å². The van der Waals surface area contributed by atoms with Gasteiger partial charge in [0, 0.05) is 18.6 Å². The Hall–Kier alpha value is -2.01. The Morgan fingerprint density at radius 3 is 2.53 bits per heavy atom. The topological polar surface area (TPSA) is 73.9 Å². The zero-order valence-electron chi connectivity index (χ0n) is 9.79. The summed E-state index contributed by atoms with van der Waals surface area (Å²) in [6.45, 7) is 1.93. The molecule has 88 valence electrons. The van der Waals surface area contributed by atoms with Crippen LogP contribution in [0.1, 0.15) is 23.0 Å². The molecule has 0 saturated carbocycles. The number of methoxy groups -OCH3 is 1. The van der Waals surface area contributed by atoms with Crippen molar-refractivity contribution in [2.75, 3.05) is 7.11 Å². The zero-order valence-corrected chi connectivity index (χ0v) is 9.79. The standard InChI is InChI=1S/C12H14N4O/c1-8-4-15-12(16-5-8)11(13)9-3-10(17-2)7-14-6-9/h3-7,11H,13H2,1-2H3. The number of nitrogens with zero attached hydrogens (tertiary/aromatic N) is 3. The first-order chi connectivity index (χ1) is 8.20. The number of hydrogen-bond donors (Lipinski definition) is 1. The molecule has 2 aromatic heterocycles.